The van der Waals surface area contributed by atoms with Crippen molar-refractivity contribution in [2.24, 2.45) is 0 Å². The highest BCUT2D eigenvalue weighted by Crippen LogP contribution is 2.24. The molecule has 0 amide bonds. The molecule has 5 nitrogen and oxygen atoms in total. The topological polar surface area (TPSA) is 71.5 Å². The van der Waals surface area contributed by atoms with Crippen LogP contribution in [0.15, 0.2) is 94.7 Å². The fraction of sp³-hybridized carbons (Fsp3) is 0.100. The molecule has 0 aliphatic carbocycles. The summed E-state index contributed by atoms with van der Waals surface area (Å²) in [5.41, 5.74) is 1.64. The Morgan fingerprint density at radius 2 is 1.11 bits per heavy atom. The highest BCUT2D eigenvalue weighted by atomic mass is 35.7. The molecule has 0 saturated carbocycles. The van der Waals surface area contributed by atoms with Gasteiger partial charge in [0.15, 0.2) is 0 Å². The third-order valence-corrected chi connectivity index (χ3v) is 7.27. The van der Waals surface area contributed by atoms with Crippen LogP contribution >= 0.6 is 10.7 Å². The summed E-state index contributed by atoms with van der Waals surface area (Å²) >= 11 is 0. The maximum atomic E-state index is 13.3. The molecular weight excluding hydrogens is 418 g/mol. The lowest BCUT2D eigenvalue weighted by molar-refractivity contribution is 0.401. The van der Waals surface area contributed by atoms with E-state index in [0.29, 0.717) is 0 Å². The van der Waals surface area contributed by atoms with E-state index in [1.807, 2.05) is 60.7 Å². The molecule has 146 valence electrons. The Morgan fingerprint density at radius 3 is 1.57 bits per heavy atom. The molecule has 0 heterocycles. The summed E-state index contributed by atoms with van der Waals surface area (Å²) in [7, 11) is -2.63. The first-order valence-corrected chi connectivity index (χ1v) is 12.1. The van der Waals surface area contributed by atoms with Crippen LogP contribution in [-0.4, -0.2) is 21.1 Å². The van der Waals surface area contributed by atoms with E-state index < -0.39 is 19.1 Å². The molecule has 0 aliphatic rings. The Morgan fingerprint density at radius 1 is 0.643 bits per heavy atom. The van der Waals surface area contributed by atoms with E-state index in [2.05, 4.69) is 0 Å². The number of sulfonamides is 1. The van der Waals surface area contributed by atoms with Gasteiger partial charge in [-0.1, -0.05) is 66.7 Å². The molecule has 0 fully saturated rings. The Kier molecular flexibility index (Phi) is 6.20. The van der Waals surface area contributed by atoms with Gasteiger partial charge in [-0.15, -0.1) is 0 Å². The summed E-state index contributed by atoms with van der Waals surface area (Å²) in [6, 6.07) is 23.5. The maximum absolute atomic E-state index is 13.3. The van der Waals surface area contributed by atoms with Gasteiger partial charge in [0.05, 0.1) is 9.79 Å². The smallest absolute Gasteiger partial charge is 0.207 e. The number of rotatable bonds is 7. The zero-order valence-corrected chi connectivity index (χ0v) is 17.2. The molecule has 0 bridgehead atoms. The van der Waals surface area contributed by atoms with Gasteiger partial charge in [-0.2, -0.15) is 4.31 Å². The van der Waals surface area contributed by atoms with E-state index in [0.717, 1.165) is 17.2 Å². The molecule has 0 saturated heterocycles. The molecule has 0 spiro atoms. The zero-order valence-electron chi connectivity index (χ0n) is 14.8. The lowest BCUT2D eigenvalue weighted by Crippen LogP contribution is -2.30. The molecule has 0 unspecified atom stereocenters. The number of hydrogen-bond donors (Lipinski definition) is 0. The molecule has 0 N–H and O–H groups in total. The van der Waals surface area contributed by atoms with Crippen LogP contribution < -0.4 is 0 Å². The predicted molar refractivity (Wildman–Crippen MR) is 109 cm³/mol. The number of benzene rings is 3. The number of halogens is 1. The molecule has 8 heteroatoms. The number of hydrogen-bond acceptors (Lipinski definition) is 4. The van der Waals surface area contributed by atoms with Gasteiger partial charge in [-0.3, -0.25) is 0 Å². The third kappa shape index (κ3) is 4.99. The number of nitrogens with zero attached hydrogens (tertiary/aromatic N) is 1. The summed E-state index contributed by atoms with van der Waals surface area (Å²) in [5, 5.41) is 0. The summed E-state index contributed by atoms with van der Waals surface area (Å²) in [6.45, 7) is 0.297. The standard InChI is InChI=1S/C20H18ClNO4S2/c21-27(23,24)19-12-7-13-20(14-19)28(25,26)22(15-17-8-3-1-4-9-17)16-18-10-5-2-6-11-18/h1-14H,15-16H2. The maximum Gasteiger partial charge on any atom is 0.261 e. The predicted octanol–water partition coefficient (Wildman–Crippen LogP) is 4.01. The van der Waals surface area contributed by atoms with Crippen molar-refractivity contribution in [1.29, 1.82) is 0 Å². The van der Waals surface area contributed by atoms with Crippen molar-refractivity contribution in [2.45, 2.75) is 22.9 Å². The van der Waals surface area contributed by atoms with Crippen LogP contribution in [0.4, 0.5) is 0 Å². The van der Waals surface area contributed by atoms with Gasteiger partial charge in [0, 0.05) is 23.8 Å². The van der Waals surface area contributed by atoms with Crippen molar-refractivity contribution in [3.05, 3.63) is 96.1 Å². The van der Waals surface area contributed by atoms with Gasteiger partial charge in [0.1, 0.15) is 0 Å². The van der Waals surface area contributed by atoms with Crippen LogP contribution in [0.5, 0.6) is 0 Å². The summed E-state index contributed by atoms with van der Waals surface area (Å²) in [6.07, 6.45) is 0. The summed E-state index contributed by atoms with van der Waals surface area (Å²) in [5.74, 6) is 0. The minimum atomic E-state index is -4.04. The molecule has 3 aromatic rings. The second-order valence-corrected chi connectivity index (χ2v) is 10.7. The van der Waals surface area contributed by atoms with E-state index in [4.69, 9.17) is 10.7 Å². The molecule has 3 rings (SSSR count). The molecule has 0 atom stereocenters. The SMILES string of the molecule is O=S(=O)(Cl)c1cccc(S(=O)(=O)N(Cc2ccccc2)Cc2ccccc2)c1. The lowest BCUT2D eigenvalue weighted by atomic mass is 10.2. The fourth-order valence-corrected chi connectivity index (χ4v) is 5.07. The van der Waals surface area contributed by atoms with E-state index >= 15 is 0 Å². The van der Waals surface area contributed by atoms with Crippen molar-refractivity contribution < 1.29 is 16.8 Å². The Balaban J connectivity index is 2.02. The van der Waals surface area contributed by atoms with Crippen LogP contribution in [0.1, 0.15) is 11.1 Å². The van der Waals surface area contributed by atoms with Crippen LogP contribution in [0, 0.1) is 0 Å². The molecule has 0 aliphatic heterocycles. The van der Waals surface area contributed by atoms with Gasteiger partial charge in [0.2, 0.25) is 10.0 Å². The van der Waals surface area contributed by atoms with Crippen molar-refractivity contribution in [1.82, 2.24) is 4.31 Å². The van der Waals surface area contributed by atoms with E-state index in [9.17, 15) is 16.8 Å². The van der Waals surface area contributed by atoms with Crippen molar-refractivity contribution in [2.75, 3.05) is 0 Å². The van der Waals surface area contributed by atoms with Gasteiger partial charge in [0.25, 0.3) is 9.05 Å². The Hall–Kier alpha value is -2.19. The van der Waals surface area contributed by atoms with E-state index in [-0.39, 0.29) is 22.9 Å². The summed E-state index contributed by atoms with van der Waals surface area (Å²) < 4.78 is 51.2. The highest BCUT2D eigenvalue weighted by molar-refractivity contribution is 8.13. The zero-order chi connectivity index (χ0) is 20.2. The van der Waals surface area contributed by atoms with Crippen LogP contribution in [-0.2, 0) is 32.2 Å². The van der Waals surface area contributed by atoms with Crippen molar-refractivity contribution in [3.63, 3.8) is 0 Å². The molecule has 3 aromatic carbocycles. The van der Waals surface area contributed by atoms with Gasteiger partial charge in [-0.05, 0) is 29.3 Å². The first kappa shape index (κ1) is 20.5. The first-order chi connectivity index (χ1) is 13.3. The average Bonchev–Trinajstić information content (AvgIpc) is 2.68. The largest absolute Gasteiger partial charge is 0.261 e. The second kappa shape index (κ2) is 8.45. The Bertz CT molecular complexity index is 1110. The van der Waals surface area contributed by atoms with Crippen molar-refractivity contribution >= 4 is 29.8 Å². The van der Waals surface area contributed by atoms with E-state index in [1.54, 1.807) is 0 Å². The van der Waals surface area contributed by atoms with Crippen molar-refractivity contribution in [3.8, 4) is 0 Å². The highest BCUT2D eigenvalue weighted by Gasteiger charge is 2.26. The Labute approximate surface area is 169 Å². The van der Waals surface area contributed by atoms with Gasteiger partial charge in [-0.25, -0.2) is 16.8 Å². The minimum absolute atomic E-state index is 0.124. The quantitative estimate of drug-likeness (QED) is 0.526. The van der Waals surface area contributed by atoms with Crippen LogP contribution in [0.3, 0.4) is 0 Å². The monoisotopic (exact) mass is 435 g/mol. The van der Waals surface area contributed by atoms with Crippen LogP contribution in [0.25, 0.3) is 0 Å². The summed E-state index contributed by atoms with van der Waals surface area (Å²) in [4.78, 5) is -0.379. The minimum Gasteiger partial charge on any atom is -0.207 e. The van der Waals surface area contributed by atoms with E-state index in [1.165, 1.54) is 22.5 Å². The lowest BCUT2D eigenvalue weighted by Gasteiger charge is -2.23. The molecule has 0 radical (unpaired) electrons. The first-order valence-electron chi connectivity index (χ1n) is 8.39. The normalized spacial score (nSPS) is 12.2. The average molecular weight is 436 g/mol. The van der Waals surface area contributed by atoms with Crippen LogP contribution in [0.2, 0.25) is 0 Å². The second-order valence-electron chi connectivity index (χ2n) is 6.16. The fourth-order valence-electron chi connectivity index (χ4n) is 2.74. The molecule has 0 aromatic heterocycles. The third-order valence-electron chi connectivity index (χ3n) is 4.13. The molecular formula is C20H18ClNO4S2. The van der Waals surface area contributed by atoms with Gasteiger partial charge < -0.3 is 0 Å². The van der Waals surface area contributed by atoms with Gasteiger partial charge >= 0.3 is 0 Å². The molecule has 28 heavy (non-hydrogen) atoms.